The number of ether oxygens (including phenoxy) is 1. The Labute approximate surface area is 213 Å². The molecule has 1 aromatic heterocycles. The van der Waals surface area contributed by atoms with E-state index in [2.05, 4.69) is 11.9 Å². The van der Waals surface area contributed by atoms with Gasteiger partial charge in [0.05, 0.1) is 6.61 Å². The van der Waals surface area contributed by atoms with Gasteiger partial charge in [0.2, 0.25) is 5.88 Å². The van der Waals surface area contributed by atoms with Crippen LogP contribution < -0.4 is 4.74 Å². The third kappa shape index (κ3) is 10.7. The maximum Gasteiger partial charge on any atom is 0.220 e. The number of nitrogens with zero attached hydrogens (tertiary/aromatic N) is 2. The van der Waals surface area contributed by atoms with Crippen molar-refractivity contribution in [2.75, 3.05) is 6.61 Å². The molecule has 3 nitrogen and oxygen atoms in total. The van der Waals surface area contributed by atoms with Crippen LogP contribution in [0.15, 0.2) is 36.5 Å². The van der Waals surface area contributed by atoms with Crippen LogP contribution in [0.4, 0.5) is 4.39 Å². The highest BCUT2D eigenvalue weighted by Crippen LogP contribution is 2.29. The largest absolute Gasteiger partial charge is 0.477 e. The van der Waals surface area contributed by atoms with E-state index in [9.17, 15) is 4.39 Å². The highest BCUT2D eigenvalue weighted by atomic mass is 19.1. The van der Waals surface area contributed by atoms with Crippen LogP contribution in [-0.4, -0.2) is 22.7 Å². The summed E-state index contributed by atoms with van der Waals surface area (Å²) in [6.45, 7) is 2.51. The first-order chi connectivity index (χ1) is 17.3. The molecular formula is C31H47FN2O. The van der Waals surface area contributed by atoms with E-state index >= 15 is 0 Å². The Bertz CT molecular complexity index is 807. The number of hydrogen-bond donors (Lipinski definition) is 0. The quantitative estimate of drug-likeness (QED) is 0.199. The minimum absolute atomic E-state index is 0.368. The molecule has 4 heteroatoms. The predicted molar refractivity (Wildman–Crippen MR) is 145 cm³/mol. The summed E-state index contributed by atoms with van der Waals surface area (Å²) < 4.78 is 20.3. The van der Waals surface area contributed by atoms with Crippen molar-refractivity contribution in [1.29, 1.82) is 0 Å². The Hall–Kier alpha value is -1.97. The van der Waals surface area contributed by atoms with Gasteiger partial charge in [-0.2, -0.15) is 4.98 Å². The first kappa shape index (κ1) is 27.6. The maximum atomic E-state index is 14.2. The van der Waals surface area contributed by atoms with Gasteiger partial charge in [-0.3, -0.25) is 0 Å². The average Bonchev–Trinajstić information content (AvgIpc) is 3.40. The third-order valence-electron chi connectivity index (χ3n) is 7.43. The summed E-state index contributed by atoms with van der Waals surface area (Å²) in [5, 5.41) is 0. The SMILES string of the molecule is CCCCCC(F)CCOc1nc(-c2ccccc2)ncc1CCCCCCCCC1CCCC1. The van der Waals surface area contributed by atoms with E-state index in [1.54, 1.807) is 0 Å². The number of benzene rings is 1. The van der Waals surface area contributed by atoms with Crippen molar-refractivity contribution in [2.45, 2.75) is 122 Å². The van der Waals surface area contributed by atoms with E-state index in [-0.39, 0.29) is 0 Å². The number of halogens is 1. The molecule has 1 aliphatic carbocycles. The molecule has 35 heavy (non-hydrogen) atoms. The Balaban J connectivity index is 1.43. The zero-order chi connectivity index (χ0) is 24.6. The molecule has 0 radical (unpaired) electrons. The standard InChI is InChI=1S/C31H47FN2O/c1-2-3-9-22-29(32)23-24-35-31-28(25-33-30(34-31)27-19-12-8-13-20-27)21-11-7-5-4-6-10-16-26-17-14-15-18-26/h8,12-13,19-20,25-26,29H,2-7,9-11,14-18,21-24H2,1H3. The normalized spacial score (nSPS) is 14.9. The minimum atomic E-state index is -0.797. The van der Waals surface area contributed by atoms with Crippen LogP contribution in [-0.2, 0) is 6.42 Å². The van der Waals surface area contributed by atoms with Crippen molar-refractivity contribution in [1.82, 2.24) is 9.97 Å². The molecule has 1 aliphatic rings. The van der Waals surface area contributed by atoms with Crippen LogP contribution in [0.25, 0.3) is 11.4 Å². The molecule has 1 saturated carbocycles. The molecule has 2 aromatic rings. The molecule has 0 bridgehead atoms. The summed E-state index contributed by atoms with van der Waals surface area (Å²) in [5.74, 6) is 2.33. The lowest BCUT2D eigenvalue weighted by atomic mass is 9.99. The van der Waals surface area contributed by atoms with Gasteiger partial charge < -0.3 is 4.74 Å². The molecule has 0 N–H and O–H groups in total. The van der Waals surface area contributed by atoms with E-state index in [1.807, 2.05) is 36.5 Å². The van der Waals surface area contributed by atoms with Gasteiger partial charge in [0.15, 0.2) is 5.82 Å². The van der Waals surface area contributed by atoms with Crippen LogP contribution in [0.3, 0.4) is 0 Å². The summed E-state index contributed by atoms with van der Waals surface area (Å²) in [6, 6.07) is 9.99. The average molecular weight is 483 g/mol. The molecule has 0 saturated heterocycles. The fraction of sp³-hybridized carbons (Fsp3) is 0.677. The molecule has 0 spiro atoms. The summed E-state index contributed by atoms with van der Waals surface area (Å²) in [7, 11) is 0. The second kappa shape index (κ2) is 16.7. The number of hydrogen-bond acceptors (Lipinski definition) is 3. The van der Waals surface area contributed by atoms with E-state index in [4.69, 9.17) is 9.72 Å². The Morgan fingerprint density at radius 3 is 2.43 bits per heavy atom. The summed E-state index contributed by atoms with van der Waals surface area (Å²) in [4.78, 5) is 9.35. The molecule has 0 aliphatic heterocycles. The van der Waals surface area contributed by atoms with Crippen LogP contribution in [0.5, 0.6) is 5.88 Å². The fourth-order valence-corrected chi connectivity index (χ4v) is 5.21. The van der Waals surface area contributed by atoms with Crippen molar-refractivity contribution in [3.05, 3.63) is 42.1 Å². The zero-order valence-corrected chi connectivity index (χ0v) is 22.0. The molecule has 1 atom stereocenters. The predicted octanol–water partition coefficient (Wildman–Crippen LogP) is 9.29. The molecule has 1 aromatic carbocycles. The Morgan fingerprint density at radius 2 is 1.66 bits per heavy atom. The molecule has 194 valence electrons. The number of alkyl halides is 1. The lowest BCUT2D eigenvalue weighted by molar-refractivity contribution is 0.217. The number of aryl methyl sites for hydroxylation is 1. The third-order valence-corrected chi connectivity index (χ3v) is 7.43. The van der Waals surface area contributed by atoms with Crippen molar-refractivity contribution in [3.8, 4) is 17.3 Å². The first-order valence-corrected chi connectivity index (χ1v) is 14.4. The Kier molecular flexibility index (Phi) is 13.1. The highest BCUT2D eigenvalue weighted by Gasteiger charge is 2.14. The lowest BCUT2D eigenvalue weighted by Crippen LogP contribution is -2.10. The Morgan fingerprint density at radius 1 is 0.914 bits per heavy atom. The van der Waals surface area contributed by atoms with Gasteiger partial charge in [-0.05, 0) is 25.2 Å². The summed E-state index contributed by atoms with van der Waals surface area (Å²) >= 11 is 0. The summed E-state index contributed by atoms with van der Waals surface area (Å²) in [6.07, 6.45) is 21.3. The zero-order valence-electron chi connectivity index (χ0n) is 22.0. The minimum Gasteiger partial charge on any atom is -0.477 e. The maximum absolute atomic E-state index is 14.2. The van der Waals surface area contributed by atoms with Gasteiger partial charge in [0, 0.05) is 23.7 Å². The van der Waals surface area contributed by atoms with Crippen molar-refractivity contribution in [3.63, 3.8) is 0 Å². The van der Waals surface area contributed by atoms with Gasteiger partial charge in [-0.1, -0.05) is 121 Å². The number of rotatable bonds is 18. The fourth-order valence-electron chi connectivity index (χ4n) is 5.21. The van der Waals surface area contributed by atoms with E-state index < -0.39 is 6.17 Å². The molecule has 1 fully saturated rings. The molecule has 1 unspecified atom stereocenters. The van der Waals surface area contributed by atoms with Crippen LogP contribution in [0.1, 0.15) is 115 Å². The van der Waals surface area contributed by atoms with Gasteiger partial charge >= 0.3 is 0 Å². The molecule has 3 rings (SSSR count). The van der Waals surface area contributed by atoms with Crippen molar-refractivity contribution in [2.24, 2.45) is 5.92 Å². The second-order valence-electron chi connectivity index (χ2n) is 10.4. The van der Waals surface area contributed by atoms with Crippen molar-refractivity contribution >= 4 is 0 Å². The first-order valence-electron chi connectivity index (χ1n) is 14.4. The monoisotopic (exact) mass is 482 g/mol. The van der Waals surface area contributed by atoms with Gasteiger partial charge in [-0.15, -0.1) is 0 Å². The molecule has 0 amide bonds. The van der Waals surface area contributed by atoms with E-state index in [0.717, 1.165) is 49.1 Å². The highest BCUT2D eigenvalue weighted by molar-refractivity contribution is 5.55. The molecule has 1 heterocycles. The smallest absolute Gasteiger partial charge is 0.220 e. The van der Waals surface area contributed by atoms with Crippen LogP contribution in [0.2, 0.25) is 0 Å². The van der Waals surface area contributed by atoms with Crippen LogP contribution >= 0.6 is 0 Å². The summed E-state index contributed by atoms with van der Waals surface area (Å²) in [5.41, 5.74) is 2.02. The van der Waals surface area contributed by atoms with Gasteiger partial charge in [0.1, 0.15) is 6.17 Å². The second-order valence-corrected chi connectivity index (χ2v) is 10.4. The lowest BCUT2D eigenvalue weighted by Gasteiger charge is -2.13. The van der Waals surface area contributed by atoms with E-state index in [1.165, 1.54) is 64.2 Å². The van der Waals surface area contributed by atoms with Gasteiger partial charge in [-0.25, -0.2) is 9.37 Å². The number of aromatic nitrogens is 2. The van der Waals surface area contributed by atoms with E-state index in [0.29, 0.717) is 31.2 Å². The molecular weight excluding hydrogens is 435 g/mol. The van der Waals surface area contributed by atoms with Crippen molar-refractivity contribution < 1.29 is 9.13 Å². The van der Waals surface area contributed by atoms with Gasteiger partial charge in [0.25, 0.3) is 0 Å². The van der Waals surface area contributed by atoms with Crippen LogP contribution in [0, 0.1) is 5.92 Å². The number of unbranched alkanes of at least 4 members (excludes halogenated alkanes) is 7. The topological polar surface area (TPSA) is 35.0 Å².